The first-order chi connectivity index (χ1) is 7.48. The van der Waals surface area contributed by atoms with E-state index in [0.717, 1.165) is 17.4 Å². The van der Waals surface area contributed by atoms with Gasteiger partial charge in [0.15, 0.2) is 0 Å². The number of fused-ring (bicyclic) bond motifs is 1. The fourth-order valence-corrected chi connectivity index (χ4v) is 3.06. The van der Waals surface area contributed by atoms with Crippen LogP contribution >= 0.6 is 11.6 Å². The van der Waals surface area contributed by atoms with E-state index in [2.05, 4.69) is 33.8 Å². The van der Waals surface area contributed by atoms with Gasteiger partial charge < -0.3 is 4.74 Å². The summed E-state index contributed by atoms with van der Waals surface area (Å²) in [5.74, 6) is 2.10. The lowest BCUT2D eigenvalue weighted by atomic mass is 9.66. The van der Waals surface area contributed by atoms with Crippen molar-refractivity contribution in [3.05, 3.63) is 28.8 Å². The predicted molar refractivity (Wildman–Crippen MR) is 68.3 cm³/mol. The van der Waals surface area contributed by atoms with E-state index >= 15 is 0 Å². The van der Waals surface area contributed by atoms with Crippen molar-refractivity contribution in [2.75, 3.05) is 6.61 Å². The van der Waals surface area contributed by atoms with Crippen LogP contribution in [0.15, 0.2) is 18.2 Å². The molecule has 1 aromatic rings. The van der Waals surface area contributed by atoms with Gasteiger partial charge in [-0.15, -0.1) is 0 Å². The molecular weight excluding hydrogens is 220 g/mol. The van der Waals surface area contributed by atoms with Crippen LogP contribution in [0.5, 0.6) is 5.75 Å². The van der Waals surface area contributed by atoms with Gasteiger partial charge in [0.2, 0.25) is 0 Å². The molecule has 1 nitrogen and oxygen atoms in total. The lowest BCUT2D eigenvalue weighted by Crippen LogP contribution is -2.39. The van der Waals surface area contributed by atoms with Crippen LogP contribution in [-0.4, -0.2) is 6.61 Å². The Morgan fingerprint density at radius 1 is 1.19 bits per heavy atom. The van der Waals surface area contributed by atoms with Crippen molar-refractivity contribution in [1.29, 1.82) is 0 Å². The van der Waals surface area contributed by atoms with E-state index in [1.165, 1.54) is 5.56 Å². The topological polar surface area (TPSA) is 9.23 Å². The number of halogens is 1. The van der Waals surface area contributed by atoms with E-state index in [0.29, 0.717) is 11.8 Å². The third-order valence-electron chi connectivity index (χ3n) is 3.97. The number of ether oxygens (including phenoxy) is 1. The van der Waals surface area contributed by atoms with Crippen molar-refractivity contribution in [2.45, 2.75) is 33.1 Å². The zero-order valence-electron chi connectivity index (χ0n) is 10.4. The summed E-state index contributed by atoms with van der Waals surface area (Å²) >= 11 is 6.00. The molecule has 0 saturated carbocycles. The standard InChI is InChI=1S/C14H19ClO/c1-9(2)14(10(3)4)8-16-13-7-11(15)5-6-12(13)14/h5-7,9-10H,8H2,1-4H3. The molecule has 0 spiro atoms. The molecule has 88 valence electrons. The summed E-state index contributed by atoms with van der Waals surface area (Å²) in [5.41, 5.74) is 1.46. The SMILES string of the molecule is CC(C)C1(C(C)C)COc2cc(Cl)ccc21. The molecule has 2 rings (SSSR count). The lowest BCUT2D eigenvalue weighted by molar-refractivity contribution is 0.161. The van der Waals surface area contributed by atoms with Gasteiger partial charge in [-0.2, -0.15) is 0 Å². The summed E-state index contributed by atoms with van der Waals surface area (Å²) in [6.45, 7) is 9.86. The smallest absolute Gasteiger partial charge is 0.124 e. The highest BCUT2D eigenvalue weighted by atomic mass is 35.5. The molecule has 0 atom stereocenters. The van der Waals surface area contributed by atoms with Gasteiger partial charge in [-0.25, -0.2) is 0 Å². The molecule has 0 aliphatic carbocycles. The Morgan fingerprint density at radius 2 is 1.81 bits per heavy atom. The summed E-state index contributed by atoms with van der Waals surface area (Å²) in [6.07, 6.45) is 0. The third-order valence-corrected chi connectivity index (χ3v) is 4.21. The third kappa shape index (κ3) is 1.53. The summed E-state index contributed by atoms with van der Waals surface area (Å²) in [7, 11) is 0. The average Bonchev–Trinajstić information content (AvgIpc) is 2.56. The molecule has 2 heteroatoms. The predicted octanol–water partition coefficient (Wildman–Crippen LogP) is 4.28. The minimum atomic E-state index is 0.139. The van der Waals surface area contributed by atoms with Crippen LogP contribution in [0.2, 0.25) is 5.02 Å². The summed E-state index contributed by atoms with van der Waals surface area (Å²) in [4.78, 5) is 0. The highest BCUT2D eigenvalue weighted by Gasteiger charge is 2.45. The Labute approximate surface area is 103 Å². The Hall–Kier alpha value is -0.690. The number of benzene rings is 1. The van der Waals surface area contributed by atoms with E-state index in [1.54, 1.807) is 0 Å². The number of hydrogen-bond donors (Lipinski definition) is 0. The minimum absolute atomic E-state index is 0.139. The first-order valence-electron chi connectivity index (χ1n) is 5.91. The van der Waals surface area contributed by atoms with E-state index in [1.807, 2.05) is 12.1 Å². The van der Waals surface area contributed by atoms with Crippen molar-refractivity contribution in [3.63, 3.8) is 0 Å². The highest BCUT2D eigenvalue weighted by molar-refractivity contribution is 6.30. The van der Waals surface area contributed by atoms with Gasteiger partial charge in [0.25, 0.3) is 0 Å². The van der Waals surface area contributed by atoms with Gasteiger partial charge in [-0.1, -0.05) is 45.4 Å². The fourth-order valence-electron chi connectivity index (χ4n) is 2.90. The Morgan fingerprint density at radius 3 is 2.38 bits per heavy atom. The molecule has 1 heterocycles. The van der Waals surface area contributed by atoms with Gasteiger partial charge >= 0.3 is 0 Å². The Kier molecular flexibility index (Phi) is 2.91. The molecule has 0 radical (unpaired) electrons. The zero-order chi connectivity index (χ0) is 11.9. The Bertz CT molecular complexity index is 388. The van der Waals surface area contributed by atoms with Crippen LogP contribution in [0.4, 0.5) is 0 Å². The maximum atomic E-state index is 6.00. The molecule has 0 fully saturated rings. The minimum Gasteiger partial charge on any atom is -0.492 e. The van der Waals surface area contributed by atoms with Crippen LogP contribution in [0.25, 0.3) is 0 Å². The summed E-state index contributed by atoms with van der Waals surface area (Å²) < 4.78 is 5.83. The van der Waals surface area contributed by atoms with Crippen molar-refractivity contribution in [2.24, 2.45) is 11.8 Å². The van der Waals surface area contributed by atoms with Crippen LogP contribution in [0, 0.1) is 11.8 Å². The van der Waals surface area contributed by atoms with Crippen molar-refractivity contribution >= 4 is 11.6 Å². The maximum absolute atomic E-state index is 6.00. The van der Waals surface area contributed by atoms with Gasteiger partial charge in [-0.3, -0.25) is 0 Å². The number of rotatable bonds is 2. The normalized spacial score (nSPS) is 17.7. The molecule has 0 bridgehead atoms. The molecule has 16 heavy (non-hydrogen) atoms. The van der Waals surface area contributed by atoms with Gasteiger partial charge in [0, 0.05) is 16.0 Å². The molecule has 0 amide bonds. The van der Waals surface area contributed by atoms with E-state index in [9.17, 15) is 0 Å². The molecule has 0 N–H and O–H groups in total. The second kappa shape index (κ2) is 3.96. The van der Waals surface area contributed by atoms with E-state index in [4.69, 9.17) is 16.3 Å². The second-order valence-electron chi connectivity index (χ2n) is 5.28. The van der Waals surface area contributed by atoms with Gasteiger partial charge in [-0.05, 0) is 24.0 Å². The first-order valence-corrected chi connectivity index (χ1v) is 6.29. The molecule has 1 aliphatic heterocycles. The molecular formula is C14H19ClO. The van der Waals surface area contributed by atoms with Crippen molar-refractivity contribution < 1.29 is 4.74 Å². The van der Waals surface area contributed by atoms with Gasteiger partial charge in [0.1, 0.15) is 5.75 Å². The quantitative estimate of drug-likeness (QED) is 0.747. The van der Waals surface area contributed by atoms with Gasteiger partial charge in [0.05, 0.1) is 6.61 Å². The lowest BCUT2D eigenvalue weighted by Gasteiger charge is -2.36. The molecule has 0 unspecified atom stereocenters. The maximum Gasteiger partial charge on any atom is 0.124 e. The highest BCUT2D eigenvalue weighted by Crippen LogP contribution is 2.48. The monoisotopic (exact) mass is 238 g/mol. The molecule has 0 aromatic heterocycles. The van der Waals surface area contributed by atoms with E-state index in [-0.39, 0.29) is 5.41 Å². The average molecular weight is 239 g/mol. The van der Waals surface area contributed by atoms with Crippen molar-refractivity contribution in [3.8, 4) is 5.75 Å². The van der Waals surface area contributed by atoms with Crippen LogP contribution in [0.1, 0.15) is 33.3 Å². The van der Waals surface area contributed by atoms with Crippen LogP contribution in [0.3, 0.4) is 0 Å². The molecule has 1 aliphatic rings. The molecule has 1 aromatic carbocycles. The second-order valence-corrected chi connectivity index (χ2v) is 5.72. The number of hydrogen-bond acceptors (Lipinski definition) is 1. The first kappa shape index (κ1) is 11.8. The summed E-state index contributed by atoms with van der Waals surface area (Å²) in [5, 5.41) is 0.752. The Balaban J connectivity index is 2.55. The van der Waals surface area contributed by atoms with Crippen LogP contribution < -0.4 is 4.74 Å². The zero-order valence-corrected chi connectivity index (χ0v) is 11.1. The largest absolute Gasteiger partial charge is 0.492 e. The van der Waals surface area contributed by atoms with E-state index < -0.39 is 0 Å². The van der Waals surface area contributed by atoms with Crippen molar-refractivity contribution in [1.82, 2.24) is 0 Å². The summed E-state index contributed by atoms with van der Waals surface area (Å²) in [6, 6.07) is 6.03. The fraction of sp³-hybridized carbons (Fsp3) is 0.571. The molecule has 0 saturated heterocycles. The van der Waals surface area contributed by atoms with Crippen LogP contribution in [-0.2, 0) is 5.41 Å².